The third-order valence-corrected chi connectivity index (χ3v) is 3.66. The molecule has 2 aromatic rings. The normalized spacial score (nSPS) is 12.1. The summed E-state index contributed by atoms with van der Waals surface area (Å²) in [7, 11) is 1.52. The average molecular weight is 342 g/mol. The summed E-state index contributed by atoms with van der Waals surface area (Å²) < 4.78 is 32.5. The summed E-state index contributed by atoms with van der Waals surface area (Å²) in [6.07, 6.45) is 0. The van der Waals surface area contributed by atoms with E-state index in [2.05, 4.69) is 21.2 Å². The van der Waals surface area contributed by atoms with Crippen LogP contribution in [0.4, 0.5) is 14.5 Å². The Morgan fingerprint density at radius 2 is 1.90 bits per heavy atom. The van der Waals surface area contributed by atoms with E-state index in [-0.39, 0.29) is 17.7 Å². The molecule has 1 unspecified atom stereocenters. The van der Waals surface area contributed by atoms with E-state index in [0.29, 0.717) is 15.9 Å². The number of nitrogens with one attached hydrogen (secondary N) is 1. The number of ether oxygens (including phenoxy) is 1. The number of rotatable bonds is 4. The lowest BCUT2D eigenvalue weighted by Crippen LogP contribution is -2.09. The van der Waals surface area contributed by atoms with Crippen molar-refractivity contribution in [1.29, 1.82) is 0 Å². The molecule has 0 aliphatic rings. The molecule has 106 valence electrons. The molecular formula is C15H14BrF2NO. The summed E-state index contributed by atoms with van der Waals surface area (Å²) in [4.78, 5) is 0. The molecule has 2 rings (SSSR count). The Balaban J connectivity index is 2.25. The fraction of sp³-hybridized carbons (Fsp3) is 0.200. The standard InChI is InChI=1S/C15H14BrF2NO/c1-9(12-5-3-10(17)7-13(12)16)19-15-8-11(20-2)4-6-14(15)18/h3-9,19H,1-2H3. The molecule has 1 atom stereocenters. The van der Waals surface area contributed by atoms with Crippen molar-refractivity contribution in [1.82, 2.24) is 0 Å². The van der Waals surface area contributed by atoms with E-state index in [4.69, 9.17) is 4.74 Å². The Bertz CT molecular complexity index is 619. The van der Waals surface area contributed by atoms with Crippen molar-refractivity contribution in [3.63, 3.8) is 0 Å². The van der Waals surface area contributed by atoms with Gasteiger partial charge in [-0.3, -0.25) is 0 Å². The highest BCUT2D eigenvalue weighted by Gasteiger charge is 2.12. The van der Waals surface area contributed by atoms with Crippen LogP contribution in [0, 0.1) is 11.6 Å². The topological polar surface area (TPSA) is 21.3 Å². The minimum Gasteiger partial charge on any atom is -0.497 e. The van der Waals surface area contributed by atoms with Crippen molar-refractivity contribution in [2.24, 2.45) is 0 Å². The second kappa shape index (κ2) is 6.22. The van der Waals surface area contributed by atoms with Crippen LogP contribution in [0.2, 0.25) is 0 Å². The van der Waals surface area contributed by atoms with Crippen LogP contribution in [0.5, 0.6) is 5.75 Å². The van der Waals surface area contributed by atoms with Crippen molar-refractivity contribution >= 4 is 21.6 Å². The van der Waals surface area contributed by atoms with Crippen LogP contribution in [0.1, 0.15) is 18.5 Å². The van der Waals surface area contributed by atoms with E-state index >= 15 is 0 Å². The molecule has 0 saturated carbocycles. The van der Waals surface area contributed by atoms with Gasteiger partial charge >= 0.3 is 0 Å². The molecule has 0 spiro atoms. The molecule has 1 N–H and O–H groups in total. The van der Waals surface area contributed by atoms with Crippen LogP contribution in [0.3, 0.4) is 0 Å². The summed E-state index contributed by atoms with van der Waals surface area (Å²) in [5.41, 5.74) is 1.18. The van der Waals surface area contributed by atoms with Gasteiger partial charge in [-0.25, -0.2) is 8.78 Å². The quantitative estimate of drug-likeness (QED) is 0.853. The molecule has 0 amide bonds. The average Bonchev–Trinajstić information content (AvgIpc) is 2.41. The predicted octanol–water partition coefficient (Wildman–Crippen LogP) is 4.91. The van der Waals surface area contributed by atoms with E-state index in [9.17, 15) is 8.78 Å². The second-order valence-corrected chi connectivity index (χ2v) is 5.23. The number of hydrogen-bond acceptors (Lipinski definition) is 2. The molecule has 2 aromatic carbocycles. The first-order chi connectivity index (χ1) is 9.51. The Kier molecular flexibility index (Phi) is 4.60. The van der Waals surface area contributed by atoms with Gasteiger partial charge in [0.05, 0.1) is 12.8 Å². The van der Waals surface area contributed by atoms with Gasteiger partial charge in [0, 0.05) is 16.6 Å². The van der Waals surface area contributed by atoms with Crippen LogP contribution >= 0.6 is 15.9 Å². The smallest absolute Gasteiger partial charge is 0.146 e. The van der Waals surface area contributed by atoms with E-state index in [1.54, 1.807) is 18.2 Å². The Morgan fingerprint density at radius 3 is 2.55 bits per heavy atom. The zero-order chi connectivity index (χ0) is 14.7. The molecule has 0 saturated heterocycles. The summed E-state index contributed by atoms with van der Waals surface area (Å²) in [5.74, 6) is -0.115. The van der Waals surface area contributed by atoms with E-state index in [1.807, 2.05) is 6.92 Å². The number of anilines is 1. The van der Waals surface area contributed by atoms with Crippen molar-refractivity contribution in [2.45, 2.75) is 13.0 Å². The zero-order valence-corrected chi connectivity index (χ0v) is 12.7. The van der Waals surface area contributed by atoms with E-state index < -0.39 is 0 Å². The van der Waals surface area contributed by atoms with Gasteiger partial charge in [0.25, 0.3) is 0 Å². The number of methoxy groups -OCH3 is 1. The van der Waals surface area contributed by atoms with Gasteiger partial charge in [0.15, 0.2) is 0 Å². The molecule has 0 fully saturated rings. The van der Waals surface area contributed by atoms with Crippen LogP contribution in [-0.4, -0.2) is 7.11 Å². The van der Waals surface area contributed by atoms with E-state index in [0.717, 1.165) is 5.56 Å². The molecule has 0 aromatic heterocycles. The van der Waals surface area contributed by atoms with Gasteiger partial charge < -0.3 is 10.1 Å². The summed E-state index contributed by atoms with van der Waals surface area (Å²) in [5, 5.41) is 3.05. The predicted molar refractivity (Wildman–Crippen MR) is 79.1 cm³/mol. The van der Waals surface area contributed by atoms with E-state index in [1.165, 1.54) is 25.3 Å². The molecule has 0 heterocycles. The fourth-order valence-electron chi connectivity index (χ4n) is 1.91. The lowest BCUT2D eigenvalue weighted by molar-refractivity contribution is 0.414. The summed E-state index contributed by atoms with van der Waals surface area (Å²) in [6, 6.07) is 8.72. The lowest BCUT2D eigenvalue weighted by atomic mass is 10.1. The maximum Gasteiger partial charge on any atom is 0.146 e. The highest BCUT2D eigenvalue weighted by molar-refractivity contribution is 9.10. The highest BCUT2D eigenvalue weighted by atomic mass is 79.9. The first-order valence-electron chi connectivity index (χ1n) is 6.06. The molecule has 20 heavy (non-hydrogen) atoms. The summed E-state index contributed by atoms with van der Waals surface area (Å²) in [6.45, 7) is 1.87. The van der Waals surface area contributed by atoms with Gasteiger partial charge in [-0.2, -0.15) is 0 Å². The third kappa shape index (κ3) is 3.28. The van der Waals surface area contributed by atoms with Crippen molar-refractivity contribution < 1.29 is 13.5 Å². The SMILES string of the molecule is COc1ccc(F)c(NC(C)c2ccc(F)cc2Br)c1. The molecule has 0 radical (unpaired) electrons. The number of benzene rings is 2. The largest absolute Gasteiger partial charge is 0.497 e. The second-order valence-electron chi connectivity index (χ2n) is 4.38. The van der Waals surface area contributed by atoms with Gasteiger partial charge in [-0.15, -0.1) is 0 Å². The van der Waals surface area contributed by atoms with Crippen LogP contribution < -0.4 is 10.1 Å². The Hall–Kier alpha value is -1.62. The van der Waals surface area contributed by atoms with Gasteiger partial charge in [-0.1, -0.05) is 22.0 Å². The summed E-state index contributed by atoms with van der Waals surface area (Å²) >= 11 is 3.31. The van der Waals surface area contributed by atoms with Crippen molar-refractivity contribution in [3.8, 4) is 5.75 Å². The minimum absolute atomic E-state index is 0.188. The van der Waals surface area contributed by atoms with Crippen LogP contribution in [-0.2, 0) is 0 Å². The maximum atomic E-state index is 13.8. The van der Waals surface area contributed by atoms with Crippen molar-refractivity contribution in [2.75, 3.05) is 12.4 Å². The molecule has 5 heteroatoms. The number of halogens is 3. The number of hydrogen-bond donors (Lipinski definition) is 1. The lowest BCUT2D eigenvalue weighted by Gasteiger charge is -2.18. The van der Waals surface area contributed by atoms with Gasteiger partial charge in [0.2, 0.25) is 0 Å². The Morgan fingerprint density at radius 1 is 1.15 bits per heavy atom. The fourth-order valence-corrected chi connectivity index (χ4v) is 2.60. The molecule has 0 aliphatic heterocycles. The molecular weight excluding hydrogens is 328 g/mol. The molecule has 0 aliphatic carbocycles. The third-order valence-electron chi connectivity index (χ3n) is 2.97. The Labute approximate surface area is 124 Å². The van der Waals surface area contributed by atoms with Gasteiger partial charge in [0.1, 0.15) is 17.4 Å². The molecule has 2 nitrogen and oxygen atoms in total. The van der Waals surface area contributed by atoms with Crippen molar-refractivity contribution in [3.05, 3.63) is 58.1 Å². The zero-order valence-electron chi connectivity index (χ0n) is 11.1. The van der Waals surface area contributed by atoms with Crippen LogP contribution in [0.15, 0.2) is 40.9 Å². The monoisotopic (exact) mass is 341 g/mol. The van der Waals surface area contributed by atoms with Crippen LogP contribution in [0.25, 0.3) is 0 Å². The first-order valence-corrected chi connectivity index (χ1v) is 6.85. The maximum absolute atomic E-state index is 13.8. The highest BCUT2D eigenvalue weighted by Crippen LogP contribution is 2.29. The first kappa shape index (κ1) is 14.8. The minimum atomic E-state index is -0.365. The molecule has 0 bridgehead atoms. The van der Waals surface area contributed by atoms with Gasteiger partial charge in [-0.05, 0) is 36.8 Å².